The Kier molecular flexibility index (Phi) is 4.38. The molecule has 0 aliphatic heterocycles. The van der Waals surface area contributed by atoms with Crippen molar-refractivity contribution in [2.45, 2.75) is 6.54 Å². The first kappa shape index (κ1) is 13.9. The summed E-state index contributed by atoms with van der Waals surface area (Å²) in [6.45, 7) is 0.618. The number of ether oxygens (including phenoxy) is 1. The van der Waals surface area contributed by atoms with Crippen molar-refractivity contribution < 1.29 is 4.74 Å². The van der Waals surface area contributed by atoms with Crippen LogP contribution in [0.25, 0.3) is 0 Å². The Labute approximate surface area is 132 Å². The SMILES string of the molecule is Clc1cnc(CNc2ccccc2Oc2ccccc2)s1. The van der Waals surface area contributed by atoms with Gasteiger partial charge in [0.2, 0.25) is 0 Å². The third-order valence-electron chi connectivity index (χ3n) is 2.81. The summed E-state index contributed by atoms with van der Waals surface area (Å²) < 4.78 is 6.59. The molecular weight excluding hydrogens is 304 g/mol. The van der Waals surface area contributed by atoms with E-state index >= 15 is 0 Å². The summed E-state index contributed by atoms with van der Waals surface area (Å²) in [6.07, 6.45) is 1.66. The van der Waals surface area contributed by atoms with Crippen molar-refractivity contribution in [3.63, 3.8) is 0 Å². The number of nitrogens with zero attached hydrogens (tertiary/aromatic N) is 1. The van der Waals surface area contributed by atoms with Crippen molar-refractivity contribution in [3.8, 4) is 11.5 Å². The second kappa shape index (κ2) is 6.61. The molecule has 106 valence electrons. The molecular formula is C16H13ClN2OS. The Hall–Kier alpha value is -2.04. The van der Waals surface area contributed by atoms with E-state index in [4.69, 9.17) is 16.3 Å². The molecule has 3 aromatic rings. The van der Waals surface area contributed by atoms with Crippen LogP contribution in [0.15, 0.2) is 60.8 Å². The maximum Gasteiger partial charge on any atom is 0.150 e. The molecule has 1 aromatic heterocycles. The molecule has 0 aliphatic rings. The third kappa shape index (κ3) is 3.74. The van der Waals surface area contributed by atoms with Gasteiger partial charge in [0.1, 0.15) is 15.1 Å². The van der Waals surface area contributed by atoms with Gasteiger partial charge in [0.05, 0.1) is 18.4 Å². The van der Waals surface area contributed by atoms with Crippen LogP contribution in [0.1, 0.15) is 5.01 Å². The average molecular weight is 317 g/mol. The van der Waals surface area contributed by atoms with Crippen LogP contribution < -0.4 is 10.1 Å². The number of hydrogen-bond donors (Lipinski definition) is 1. The highest BCUT2D eigenvalue weighted by molar-refractivity contribution is 7.15. The van der Waals surface area contributed by atoms with Crippen molar-refractivity contribution in [1.29, 1.82) is 0 Å². The fraction of sp³-hybridized carbons (Fsp3) is 0.0625. The number of halogens is 1. The molecule has 0 radical (unpaired) electrons. The number of anilines is 1. The van der Waals surface area contributed by atoms with Crippen LogP contribution in [0.5, 0.6) is 11.5 Å². The number of benzene rings is 2. The molecule has 0 fully saturated rings. The summed E-state index contributed by atoms with van der Waals surface area (Å²) in [6, 6.07) is 17.5. The molecule has 2 aromatic carbocycles. The Balaban J connectivity index is 1.73. The van der Waals surface area contributed by atoms with Crippen LogP contribution >= 0.6 is 22.9 Å². The number of thiazole rings is 1. The minimum Gasteiger partial charge on any atom is -0.455 e. The van der Waals surface area contributed by atoms with Crippen molar-refractivity contribution in [1.82, 2.24) is 4.98 Å². The molecule has 3 nitrogen and oxygen atoms in total. The zero-order valence-electron chi connectivity index (χ0n) is 11.1. The number of aromatic nitrogens is 1. The van der Waals surface area contributed by atoms with Gasteiger partial charge in [-0.1, -0.05) is 41.9 Å². The maximum atomic E-state index is 5.90. The van der Waals surface area contributed by atoms with Crippen molar-refractivity contribution in [3.05, 3.63) is 70.1 Å². The molecule has 0 spiro atoms. The summed E-state index contributed by atoms with van der Waals surface area (Å²) >= 11 is 7.35. The van der Waals surface area contributed by atoms with Crippen LogP contribution in [0, 0.1) is 0 Å². The molecule has 21 heavy (non-hydrogen) atoms. The predicted octanol–water partition coefficient (Wildman–Crippen LogP) is 5.20. The fourth-order valence-electron chi connectivity index (χ4n) is 1.86. The average Bonchev–Trinajstić information content (AvgIpc) is 2.93. The first-order chi connectivity index (χ1) is 10.3. The first-order valence-corrected chi connectivity index (χ1v) is 7.67. The summed E-state index contributed by atoms with van der Waals surface area (Å²) in [5.41, 5.74) is 0.924. The van der Waals surface area contributed by atoms with Gasteiger partial charge < -0.3 is 10.1 Å². The first-order valence-electron chi connectivity index (χ1n) is 6.47. The fourth-order valence-corrected chi connectivity index (χ4v) is 2.75. The highest BCUT2D eigenvalue weighted by atomic mass is 35.5. The summed E-state index contributed by atoms with van der Waals surface area (Å²) in [4.78, 5) is 4.23. The molecule has 0 atom stereocenters. The monoisotopic (exact) mass is 316 g/mol. The van der Waals surface area contributed by atoms with Gasteiger partial charge in [0.15, 0.2) is 5.75 Å². The Bertz CT molecular complexity index is 715. The van der Waals surface area contributed by atoms with Crippen LogP contribution in [-0.4, -0.2) is 4.98 Å². The number of rotatable bonds is 5. The highest BCUT2D eigenvalue weighted by Gasteiger charge is 2.05. The van der Waals surface area contributed by atoms with Gasteiger partial charge in [-0.25, -0.2) is 4.98 Å². The van der Waals surface area contributed by atoms with Crippen LogP contribution in [0.3, 0.4) is 0 Å². The van der Waals surface area contributed by atoms with E-state index in [1.54, 1.807) is 6.20 Å². The predicted molar refractivity (Wildman–Crippen MR) is 87.4 cm³/mol. The van der Waals surface area contributed by atoms with E-state index in [1.807, 2.05) is 54.6 Å². The summed E-state index contributed by atoms with van der Waals surface area (Å²) in [7, 11) is 0. The quantitative estimate of drug-likeness (QED) is 0.702. The van der Waals surface area contributed by atoms with Gasteiger partial charge in [-0.15, -0.1) is 11.3 Å². The van der Waals surface area contributed by atoms with Gasteiger partial charge in [-0.3, -0.25) is 0 Å². The van der Waals surface area contributed by atoms with Crippen LogP contribution in [0.4, 0.5) is 5.69 Å². The van der Waals surface area contributed by atoms with Crippen LogP contribution in [0.2, 0.25) is 4.34 Å². The molecule has 1 heterocycles. The largest absolute Gasteiger partial charge is 0.455 e. The zero-order valence-corrected chi connectivity index (χ0v) is 12.7. The lowest BCUT2D eigenvalue weighted by atomic mass is 10.3. The smallest absolute Gasteiger partial charge is 0.150 e. The number of hydrogen-bond acceptors (Lipinski definition) is 4. The van der Waals surface area contributed by atoms with E-state index in [-0.39, 0.29) is 0 Å². The minimum atomic E-state index is 0.618. The Morgan fingerprint density at radius 1 is 1.05 bits per heavy atom. The molecule has 0 bridgehead atoms. The van der Waals surface area contributed by atoms with Crippen LogP contribution in [-0.2, 0) is 6.54 Å². The van der Waals surface area contributed by atoms with E-state index in [2.05, 4.69) is 10.3 Å². The van der Waals surface area contributed by atoms with Crippen molar-refractivity contribution in [2.24, 2.45) is 0 Å². The van der Waals surface area contributed by atoms with Gasteiger partial charge in [0.25, 0.3) is 0 Å². The topological polar surface area (TPSA) is 34.2 Å². The van der Waals surface area contributed by atoms with Crippen molar-refractivity contribution in [2.75, 3.05) is 5.32 Å². The van der Waals surface area contributed by atoms with Gasteiger partial charge in [0, 0.05) is 0 Å². The second-order valence-electron chi connectivity index (χ2n) is 4.32. The molecule has 5 heteroatoms. The Morgan fingerprint density at radius 2 is 1.81 bits per heavy atom. The van der Waals surface area contributed by atoms with Gasteiger partial charge >= 0.3 is 0 Å². The molecule has 0 aliphatic carbocycles. The lowest BCUT2D eigenvalue weighted by Crippen LogP contribution is -2.00. The summed E-state index contributed by atoms with van der Waals surface area (Å²) in [5.74, 6) is 1.59. The second-order valence-corrected chi connectivity index (χ2v) is 6.07. The Morgan fingerprint density at radius 3 is 2.57 bits per heavy atom. The molecule has 3 rings (SSSR count). The zero-order chi connectivity index (χ0) is 14.5. The standard InChI is InChI=1S/C16H13ClN2OS/c17-15-10-19-16(21-15)11-18-13-8-4-5-9-14(13)20-12-6-2-1-3-7-12/h1-10,18H,11H2. The molecule has 1 N–H and O–H groups in total. The lowest BCUT2D eigenvalue weighted by molar-refractivity contribution is 0.484. The lowest BCUT2D eigenvalue weighted by Gasteiger charge is -2.12. The molecule has 0 amide bonds. The van der Waals surface area contributed by atoms with E-state index in [9.17, 15) is 0 Å². The maximum absolute atomic E-state index is 5.90. The van der Waals surface area contributed by atoms with E-state index in [0.29, 0.717) is 10.9 Å². The van der Waals surface area contributed by atoms with E-state index < -0.39 is 0 Å². The normalized spacial score (nSPS) is 10.3. The van der Waals surface area contributed by atoms with E-state index in [0.717, 1.165) is 22.2 Å². The van der Waals surface area contributed by atoms with Crippen molar-refractivity contribution >= 4 is 28.6 Å². The number of nitrogens with one attached hydrogen (secondary N) is 1. The molecule has 0 saturated heterocycles. The molecule has 0 unspecified atom stereocenters. The minimum absolute atomic E-state index is 0.618. The highest BCUT2D eigenvalue weighted by Crippen LogP contribution is 2.29. The van der Waals surface area contributed by atoms with Gasteiger partial charge in [-0.05, 0) is 24.3 Å². The number of para-hydroxylation sites is 3. The van der Waals surface area contributed by atoms with E-state index in [1.165, 1.54) is 11.3 Å². The molecule has 0 saturated carbocycles. The van der Waals surface area contributed by atoms with Gasteiger partial charge in [-0.2, -0.15) is 0 Å². The summed E-state index contributed by atoms with van der Waals surface area (Å²) in [5, 5.41) is 4.27. The third-order valence-corrected chi connectivity index (χ3v) is 3.93.